The fourth-order valence-corrected chi connectivity index (χ4v) is 3.23. The summed E-state index contributed by atoms with van der Waals surface area (Å²) >= 11 is 3.35. The molecule has 0 saturated heterocycles. The third-order valence-corrected chi connectivity index (χ3v) is 4.74. The highest BCUT2D eigenvalue weighted by molar-refractivity contribution is 9.10. The number of ether oxygens (including phenoxy) is 2. The number of alkyl carbamates (subject to hydrolysis) is 1. The summed E-state index contributed by atoms with van der Waals surface area (Å²) in [5.41, 5.74) is 0.348. The lowest BCUT2D eigenvalue weighted by Gasteiger charge is -2.25. The van der Waals surface area contributed by atoms with Gasteiger partial charge in [0, 0.05) is 16.5 Å². The monoisotopic (exact) mass is 476 g/mol. The Hall–Kier alpha value is -2.87. The first kappa shape index (κ1) is 23.4. The van der Waals surface area contributed by atoms with E-state index in [1.54, 1.807) is 57.2 Å². The number of amides is 1. The number of nitrogens with one attached hydrogen (secondary N) is 1. The average molecular weight is 477 g/mol. The molecule has 2 atom stereocenters. The molecule has 0 bridgehead atoms. The van der Waals surface area contributed by atoms with Gasteiger partial charge in [-0.15, -0.1) is 0 Å². The lowest BCUT2D eigenvalue weighted by molar-refractivity contribution is -0.128. The van der Waals surface area contributed by atoms with Crippen LogP contribution in [0, 0.1) is 0 Å². The second kappa shape index (κ2) is 10.2. The van der Waals surface area contributed by atoms with Gasteiger partial charge in [-0.25, -0.2) is 9.59 Å². The van der Waals surface area contributed by atoms with Gasteiger partial charge in [0.2, 0.25) is 5.78 Å². The Morgan fingerprint density at radius 3 is 2.33 bits per heavy atom. The Balaban J connectivity index is 2.35. The molecule has 2 rings (SSSR count). The van der Waals surface area contributed by atoms with Gasteiger partial charge in [0.25, 0.3) is 0 Å². The number of carbonyl (C=O) groups is 2. The first-order chi connectivity index (χ1) is 14.1. The molecule has 2 aromatic carbocycles. The van der Waals surface area contributed by atoms with Crippen LogP contribution in [0.2, 0.25) is 0 Å². The molecule has 1 radical (unpaired) electrons. The lowest BCUT2D eigenvalue weighted by Crippen LogP contribution is -2.46. The van der Waals surface area contributed by atoms with Crippen molar-refractivity contribution in [1.29, 1.82) is 0 Å². The predicted octanol–water partition coefficient (Wildman–Crippen LogP) is 3.98. The summed E-state index contributed by atoms with van der Waals surface area (Å²) in [5.74, 6) is -0.476. The van der Waals surface area contributed by atoms with Crippen LogP contribution in [0.25, 0.3) is 0 Å². The number of rotatable bonds is 8. The van der Waals surface area contributed by atoms with Gasteiger partial charge in [-0.05, 0) is 44.5 Å². The summed E-state index contributed by atoms with van der Waals surface area (Å²) in [6.07, 6.45) is -1.96. The SMILES string of the molecule is CC(C)(C)OC(=O)N[C@@H](Cc1ccc(O)cc1)C(=O)C(O[C]=O)c1ccccc1Br. The molecule has 0 spiro atoms. The van der Waals surface area contributed by atoms with Gasteiger partial charge >= 0.3 is 12.6 Å². The Morgan fingerprint density at radius 2 is 1.77 bits per heavy atom. The molecule has 1 amide bonds. The third kappa shape index (κ3) is 6.88. The van der Waals surface area contributed by atoms with Gasteiger partial charge in [0.1, 0.15) is 11.4 Å². The number of benzene rings is 2. The van der Waals surface area contributed by atoms with Gasteiger partial charge in [-0.1, -0.05) is 46.3 Å². The summed E-state index contributed by atoms with van der Waals surface area (Å²) in [6.45, 7) is 6.44. The van der Waals surface area contributed by atoms with Crippen molar-refractivity contribution in [3.63, 3.8) is 0 Å². The largest absolute Gasteiger partial charge is 0.508 e. The summed E-state index contributed by atoms with van der Waals surface area (Å²) in [7, 11) is 0. The molecule has 7 nitrogen and oxygen atoms in total. The van der Waals surface area contributed by atoms with E-state index in [9.17, 15) is 19.5 Å². The van der Waals surface area contributed by atoms with E-state index in [0.29, 0.717) is 15.6 Å². The number of ketones is 1. The topological polar surface area (TPSA) is 102 Å². The van der Waals surface area contributed by atoms with Crippen molar-refractivity contribution < 1.29 is 29.0 Å². The van der Waals surface area contributed by atoms with E-state index >= 15 is 0 Å². The van der Waals surface area contributed by atoms with Crippen molar-refractivity contribution in [3.8, 4) is 5.75 Å². The van der Waals surface area contributed by atoms with Crippen molar-refractivity contribution in [2.75, 3.05) is 0 Å². The summed E-state index contributed by atoms with van der Waals surface area (Å²) in [4.78, 5) is 36.6. The molecule has 30 heavy (non-hydrogen) atoms. The zero-order valence-corrected chi connectivity index (χ0v) is 18.4. The smallest absolute Gasteiger partial charge is 0.418 e. The molecule has 2 aromatic rings. The summed E-state index contributed by atoms with van der Waals surface area (Å²) in [5, 5.41) is 12.1. The van der Waals surface area contributed by atoms with E-state index in [-0.39, 0.29) is 12.2 Å². The molecule has 0 aromatic heterocycles. The summed E-state index contributed by atoms with van der Waals surface area (Å²) in [6, 6.07) is 12.0. The molecule has 2 N–H and O–H groups in total. The van der Waals surface area contributed by atoms with Crippen molar-refractivity contribution in [1.82, 2.24) is 5.32 Å². The Labute approximate surface area is 183 Å². The maximum atomic E-state index is 13.3. The van der Waals surface area contributed by atoms with Crippen molar-refractivity contribution in [2.45, 2.75) is 44.9 Å². The molecule has 159 valence electrons. The normalized spacial score (nSPS) is 13.1. The molecule has 0 aliphatic carbocycles. The highest BCUT2D eigenvalue weighted by Gasteiger charge is 2.33. The molecule has 0 heterocycles. The van der Waals surface area contributed by atoms with E-state index in [2.05, 4.69) is 21.2 Å². The zero-order chi connectivity index (χ0) is 22.3. The lowest BCUT2D eigenvalue weighted by atomic mass is 9.95. The van der Waals surface area contributed by atoms with Crippen LogP contribution < -0.4 is 5.32 Å². The van der Waals surface area contributed by atoms with Crippen molar-refractivity contribution >= 4 is 34.3 Å². The van der Waals surface area contributed by atoms with Crippen LogP contribution in [0.4, 0.5) is 4.79 Å². The number of hydrogen-bond acceptors (Lipinski definition) is 6. The second-order valence-corrected chi connectivity index (χ2v) is 8.43. The molecule has 1 unspecified atom stereocenters. The van der Waals surface area contributed by atoms with Gasteiger partial charge in [0.05, 0.1) is 6.04 Å². The first-order valence-corrected chi connectivity index (χ1v) is 9.98. The average Bonchev–Trinajstić information content (AvgIpc) is 2.66. The fourth-order valence-electron chi connectivity index (χ4n) is 2.73. The molecule has 0 fully saturated rings. The minimum absolute atomic E-state index is 0.0757. The fraction of sp³-hybridized carbons (Fsp3) is 0.318. The highest BCUT2D eigenvalue weighted by atomic mass is 79.9. The van der Waals surface area contributed by atoms with Crippen LogP contribution in [-0.4, -0.2) is 35.1 Å². The summed E-state index contributed by atoms with van der Waals surface area (Å²) < 4.78 is 10.8. The van der Waals surface area contributed by atoms with Crippen molar-refractivity contribution in [3.05, 3.63) is 64.1 Å². The van der Waals surface area contributed by atoms with Crippen LogP contribution in [0.15, 0.2) is 53.0 Å². The van der Waals surface area contributed by atoms with Gasteiger partial charge in [0.15, 0.2) is 6.10 Å². The minimum atomic E-state index is -1.28. The van der Waals surface area contributed by atoms with Gasteiger partial charge in [-0.3, -0.25) is 4.79 Å². The molecule has 0 aliphatic rings. The molecule has 0 aliphatic heterocycles. The van der Waals surface area contributed by atoms with Crippen LogP contribution in [-0.2, 0) is 25.5 Å². The molecular formula is C22H23BrNO6. The van der Waals surface area contributed by atoms with E-state index in [1.807, 2.05) is 0 Å². The number of Topliss-reactive ketones (excluding diaryl/α,β-unsaturated/α-hetero) is 1. The van der Waals surface area contributed by atoms with E-state index < -0.39 is 29.6 Å². The maximum absolute atomic E-state index is 13.3. The zero-order valence-electron chi connectivity index (χ0n) is 16.8. The van der Waals surface area contributed by atoms with Crippen LogP contribution in [0.1, 0.15) is 38.0 Å². The standard InChI is InChI=1S/C22H23BrNO6/c1-22(2,3)30-21(28)24-18(12-14-8-10-15(26)11-9-14)19(27)20(29-13-25)16-6-4-5-7-17(16)23/h4-11,18,20,26H,12H2,1-3H3,(H,24,28)/t18-,20?/m0/s1. The van der Waals surface area contributed by atoms with E-state index in [1.165, 1.54) is 18.6 Å². The van der Waals surface area contributed by atoms with Crippen LogP contribution in [0.5, 0.6) is 5.75 Å². The number of phenols is 1. The quantitative estimate of drug-likeness (QED) is 0.597. The number of hydrogen-bond donors (Lipinski definition) is 2. The minimum Gasteiger partial charge on any atom is -0.508 e. The Kier molecular flexibility index (Phi) is 8.00. The number of halogens is 1. The third-order valence-electron chi connectivity index (χ3n) is 4.02. The number of aromatic hydroxyl groups is 1. The highest BCUT2D eigenvalue weighted by Crippen LogP contribution is 2.28. The maximum Gasteiger partial charge on any atom is 0.418 e. The first-order valence-electron chi connectivity index (χ1n) is 9.19. The van der Waals surface area contributed by atoms with Crippen molar-refractivity contribution in [2.24, 2.45) is 0 Å². The van der Waals surface area contributed by atoms with E-state index in [4.69, 9.17) is 9.47 Å². The van der Waals surface area contributed by atoms with Crippen LogP contribution >= 0.6 is 15.9 Å². The van der Waals surface area contributed by atoms with E-state index in [0.717, 1.165) is 0 Å². The Bertz CT molecular complexity index is 891. The van der Waals surface area contributed by atoms with Gasteiger partial charge in [-0.2, -0.15) is 0 Å². The predicted molar refractivity (Wildman–Crippen MR) is 114 cm³/mol. The van der Waals surface area contributed by atoms with Gasteiger partial charge < -0.3 is 19.9 Å². The second-order valence-electron chi connectivity index (χ2n) is 7.57. The number of phenolic OH excluding ortho intramolecular Hbond substituents is 1. The van der Waals surface area contributed by atoms with Crippen LogP contribution in [0.3, 0.4) is 0 Å². The molecule has 0 saturated carbocycles. The Morgan fingerprint density at radius 1 is 1.13 bits per heavy atom. The molecular weight excluding hydrogens is 454 g/mol. The number of carbonyl (C=O) groups excluding carboxylic acids is 3. The molecule has 8 heteroatoms.